The van der Waals surface area contributed by atoms with E-state index in [1.807, 2.05) is 84.9 Å². The van der Waals surface area contributed by atoms with Crippen LogP contribution in [0.1, 0.15) is 158 Å². The van der Waals surface area contributed by atoms with Crippen LogP contribution < -0.4 is 0 Å². The SMILES string of the molecule is CC1(C)COC2(CCC3=C4C(CC[C@@]3(O)C2)C2CC[C@@](O)(C(F)(F)C(F)(F)F)[C@@]2(C)C[C@@H]4c2ccc(SCc3ccccc3)cc2)OC1.C[C@]12C[C@H](c3ccc(SCc4ccccc4)cc3)C3=C4CCC(=O)C=C4CCC3C1CC[C@@]2(O)C(F)(F)C(F)(F)F. The number of benzene rings is 4. The lowest BCUT2D eigenvalue weighted by atomic mass is 9.49. The molecule has 4 aromatic rings. The summed E-state index contributed by atoms with van der Waals surface area (Å²) in [7, 11) is 0. The molecule has 480 valence electrons. The van der Waals surface area contributed by atoms with E-state index >= 15 is 17.6 Å². The molecule has 1 heterocycles. The summed E-state index contributed by atoms with van der Waals surface area (Å²) in [6.45, 7) is 8.04. The predicted octanol–water partition coefficient (Wildman–Crippen LogP) is 18.0. The number of hydrogen-bond donors (Lipinski definition) is 3. The monoisotopic (exact) mass is 1280 g/mol. The molecule has 13 rings (SSSR count). The van der Waals surface area contributed by atoms with E-state index in [0.29, 0.717) is 64.6 Å². The molecule has 3 N–H and O–H groups in total. The van der Waals surface area contributed by atoms with Gasteiger partial charge in [0, 0.05) is 68.6 Å². The Bertz CT molecular complexity index is 3390. The maximum atomic E-state index is 15.4. The summed E-state index contributed by atoms with van der Waals surface area (Å²) >= 11 is 3.33. The van der Waals surface area contributed by atoms with E-state index in [0.717, 1.165) is 60.3 Å². The first kappa shape index (κ1) is 64.7. The molecule has 4 aromatic carbocycles. The third-order valence-corrected chi connectivity index (χ3v) is 24.9. The molecule has 6 fully saturated rings. The average molecular weight is 1280 g/mol. The van der Waals surface area contributed by atoms with Crippen LogP contribution >= 0.6 is 23.5 Å². The summed E-state index contributed by atoms with van der Waals surface area (Å²) < 4.78 is 157. The minimum Gasteiger partial charge on any atom is -0.385 e. The molecular formula is C71H78F10O6S2. The van der Waals surface area contributed by atoms with E-state index in [1.54, 1.807) is 29.6 Å². The van der Waals surface area contributed by atoms with Gasteiger partial charge in [-0.05, 0) is 170 Å². The van der Waals surface area contributed by atoms with Crippen molar-refractivity contribution < 1.29 is 73.5 Å². The number of thioether (sulfide) groups is 2. The number of fused-ring (bicyclic) bond motifs is 8. The molecule has 0 amide bonds. The number of halogens is 10. The van der Waals surface area contributed by atoms with Crippen molar-refractivity contribution in [2.45, 2.75) is 204 Å². The molecule has 6 nitrogen and oxygen atoms in total. The third kappa shape index (κ3) is 10.9. The lowest BCUT2D eigenvalue weighted by Crippen LogP contribution is -2.65. The number of rotatable bonds is 10. The summed E-state index contributed by atoms with van der Waals surface area (Å²) in [6, 6.07) is 35.8. The number of alkyl halides is 10. The zero-order valence-electron chi connectivity index (χ0n) is 50.5. The first-order valence-corrected chi connectivity index (χ1v) is 33.3. The standard InChI is InChI=1S/C38H45F5O4S.C33H33F5O2S/c1-32(2)22-46-35(47-23-32)17-14-30-31-27(13-16-34(30,44)21-35)29-15-18-36(45,37(39,40)38(41,42)43)33(29,3)19-28(31)25-9-11-26(12-10-25)48-20-24-7-5-4-6-8-24;1-30-18-27(21-7-11-24(12-8-21)41-19-20-5-3-2-4-6-20)29-25-14-10-23(39)17-22(25)9-13-26(29)28(30)15-16-31(30,40)32(34,35)33(36,37)38/h4-12,27-29,44-45H,13-23H2,1-3H3;2-8,11-12,17,26-28,40H,9-10,13-16,18-19H2,1H3/t27?,28-,29?,33+,34-,36+;26?,27-,28?,30+,31+/m11/s1. The Kier molecular flexibility index (Phi) is 16.7. The fourth-order valence-corrected chi connectivity index (χ4v) is 19.8. The van der Waals surface area contributed by atoms with Crippen LogP contribution in [0.2, 0.25) is 0 Å². The second-order valence-corrected chi connectivity index (χ2v) is 30.4. The first-order valence-electron chi connectivity index (χ1n) is 31.4. The van der Waals surface area contributed by atoms with Crippen LogP contribution in [0.3, 0.4) is 0 Å². The van der Waals surface area contributed by atoms with Gasteiger partial charge in [0.2, 0.25) is 0 Å². The Balaban J connectivity index is 0.000000175. The molecule has 4 unspecified atom stereocenters. The van der Waals surface area contributed by atoms with Gasteiger partial charge >= 0.3 is 24.2 Å². The summed E-state index contributed by atoms with van der Waals surface area (Å²) in [5.74, 6) is -12.4. The normalized spacial score (nSPS) is 34.1. The fraction of sp³-hybridized carbons (Fsp3) is 0.563. The van der Waals surface area contributed by atoms with Crippen molar-refractivity contribution in [2.75, 3.05) is 13.2 Å². The highest BCUT2D eigenvalue weighted by molar-refractivity contribution is 7.98. The Morgan fingerprint density at radius 3 is 1.46 bits per heavy atom. The number of hydrogen-bond acceptors (Lipinski definition) is 8. The number of aliphatic hydroxyl groups is 3. The highest BCUT2D eigenvalue weighted by Gasteiger charge is 2.81. The number of carbonyl (C=O) groups excluding carboxylic acids is 1. The number of ether oxygens (including phenoxy) is 2. The van der Waals surface area contributed by atoms with Gasteiger partial charge in [-0.25, -0.2) is 0 Å². The van der Waals surface area contributed by atoms with Gasteiger partial charge in [0.15, 0.2) is 11.6 Å². The molecule has 8 aliphatic carbocycles. The van der Waals surface area contributed by atoms with Gasteiger partial charge in [0.05, 0.1) is 18.8 Å². The molecule has 9 aliphatic rings. The van der Waals surface area contributed by atoms with Crippen LogP contribution in [0.25, 0.3) is 0 Å². The van der Waals surface area contributed by atoms with Crippen molar-refractivity contribution in [1.29, 1.82) is 0 Å². The van der Waals surface area contributed by atoms with Gasteiger partial charge in [-0.15, -0.1) is 23.5 Å². The van der Waals surface area contributed by atoms with Crippen LogP contribution in [-0.2, 0) is 25.8 Å². The molecule has 1 spiro atoms. The van der Waals surface area contributed by atoms with Crippen LogP contribution in [0.4, 0.5) is 43.9 Å². The second kappa shape index (κ2) is 22.9. The Hall–Kier alpha value is -4.43. The first-order chi connectivity index (χ1) is 41.8. The van der Waals surface area contributed by atoms with Gasteiger partial charge in [-0.2, -0.15) is 43.9 Å². The molecule has 0 aromatic heterocycles. The Morgan fingerprint density at radius 2 is 0.989 bits per heavy atom. The largest absolute Gasteiger partial charge is 0.456 e. The maximum absolute atomic E-state index is 15.4. The zero-order chi connectivity index (χ0) is 63.6. The van der Waals surface area contributed by atoms with Crippen LogP contribution in [0.15, 0.2) is 153 Å². The Morgan fingerprint density at radius 1 is 0.528 bits per heavy atom. The van der Waals surface area contributed by atoms with E-state index in [-0.39, 0.29) is 55.1 Å². The van der Waals surface area contributed by atoms with Crippen LogP contribution in [0.5, 0.6) is 0 Å². The van der Waals surface area contributed by atoms with E-state index < -0.39 is 94.1 Å². The lowest BCUT2D eigenvalue weighted by molar-refractivity contribution is -0.362. The molecule has 89 heavy (non-hydrogen) atoms. The van der Waals surface area contributed by atoms with Crippen LogP contribution in [0, 0.1) is 39.9 Å². The maximum Gasteiger partial charge on any atom is 0.456 e. The van der Waals surface area contributed by atoms with Gasteiger partial charge in [0.1, 0.15) is 11.2 Å². The lowest BCUT2D eigenvalue weighted by Gasteiger charge is -2.59. The van der Waals surface area contributed by atoms with Gasteiger partial charge in [-0.3, -0.25) is 4.79 Å². The molecule has 0 radical (unpaired) electrons. The van der Waals surface area contributed by atoms with E-state index in [1.165, 1.54) is 25.0 Å². The topological polar surface area (TPSA) is 96.2 Å². The molecule has 0 bridgehead atoms. The molecule has 1 saturated heterocycles. The van der Waals surface area contributed by atoms with Crippen molar-refractivity contribution in [3.8, 4) is 0 Å². The van der Waals surface area contributed by atoms with E-state index in [2.05, 4.69) is 38.1 Å². The van der Waals surface area contributed by atoms with Gasteiger partial charge < -0.3 is 24.8 Å². The van der Waals surface area contributed by atoms with Crippen molar-refractivity contribution in [3.05, 3.63) is 165 Å². The third-order valence-electron chi connectivity index (χ3n) is 22.7. The molecule has 11 atom stereocenters. The molecular weight excluding hydrogens is 1200 g/mol. The van der Waals surface area contributed by atoms with E-state index in [4.69, 9.17) is 9.47 Å². The average Bonchev–Trinajstić information content (AvgIpc) is 1.63. The molecule has 1 aliphatic heterocycles. The molecule has 5 saturated carbocycles. The summed E-state index contributed by atoms with van der Waals surface area (Å²) in [4.78, 5) is 14.3. The molecule has 18 heteroatoms. The number of carbonyl (C=O) groups is 1. The predicted molar refractivity (Wildman–Crippen MR) is 322 cm³/mol. The summed E-state index contributed by atoms with van der Waals surface area (Å²) in [5, 5.41) is 35.4. The van der Waals surface area contributed by atoms with Crippen molar-refractivity contribution in [2.24, 2.45) is 39.9 Å². The zero-order valence-corrected chi connectivity index (χ0v) is 52.2. The van der Waals surface area contributed by atoms with Crippen LogP contribution in [-0.4, -0.2) is 81.1 Å². The number of ketones is 1. The summed E-state index contributed by atoms with van der Waals surface area (Å²) in [6.07, 6.45) is -7.06. The summed E-state index contributed by atoms with van der Waals surface area (Å²) in [5.41, 5.74) is -2.22. The quantitative estimate of drug-likeness (QED) is 0.0821. The minimum absolute atomic E-state index is 0.00704. The van der Waals surface area contributed by atoms with Gasteiger partial charge in [0.25, 0.3) is 0 Å². The second-order valence-electron chi connectivity index (χ2n) is 28.3. The fourth-order valence-electron chi connectivity index (χ4n) is 18.1. The highest BCUT2D eigenvalue weighted by Crippen LogP contribution is 2.73. The van der Waals surface area contributed by atoms with Gasteiger partial charge in [-0.1, -0.05) is 124 Å². The minimum atomic E-state index is -5.88. The van der Waals surface area contributed by atoms with Crippen molar-refractivity contribution in [3.63, 3.8) is 0 Å². The smallest absolute Gasteiger partial charge is 0.385 e. The van der Waals surface area contributed by atoms with E-state index in [9.17, 15) is 46.5 Å². The Labute approximate surface area is 522 Å². The van der Waals surface area contributed by atoms with Crippen molar-refractivity contribution in [1.82, 2.24) is 0 Å². The number of allylic oxidation sites excluding steroid dienone is 5. The van der Waals surface area contributed by atoms with Crippen molar-refractivity contribution >= 4 is 29.3 Å². The highest BCUT2D eigenvalue weighted by atomic mass is 32.2.